The Kier molecular flexibility index (Phi) is 4.99. The SMILES string of the molecule is CO[C@H]1[C@@H](F)[C@H](n2cnc3c(NC(=O)c4ccccc4)ncnc32)O[C@@H]1CO. The van der Waals surface area contributed by atoms with Gasteiger partial charge in [0.25, 0.3) is 5.91 Å². The monoisotopic (exact) mass is 387 g/mol. The maximum absolute atomic E-state index is 14.8. The number of anilines is 1. The molecule has 2 aromatic heterocycles. The molecular formula is C18H18FN5O4. The minimum absolute atomic E-state index is 0.202. The molecule has 0 bridgehead atoms. The van der Waals surface area contributed by atoms with Gasteiger partial charge in [-0.05, 0) is 12.1 Å². The molecule has 0 saturated carbocycles. The van der Waals surface area contributed by atoms with E-state index in [1.54, 1.807) is 24.3 Å². The standard InChI is InChI=1S/C18H18FN5O4/c1-27-14-11(7-25)28-18(12(14)19)24-9-22-13-15(20-8-21-16(13)24)23-17(26)10-5-3-2-4-6-10/h2-6,8-9,11-12,14,18,25H,7H2,1H3,(H,20,21,23,26)/t11-,12-,14-,18-/m1/s1. The van der Waals surface area contributed by atoms with Crippen LogP contribution in [0.3, 0.4) is 0 Å². The first-order chi connectivity index (χ1) is 13.6. The Morgan fingerprint density at radius 1 is 1.32 bits per heavy atom. The van der Waals surface area contributed by atoms with Gasteiger partial charge in [-0.25, -0.2) is 19.3 Å². The van der Waals surface area contributed by atoms with E-state index in [0.29, 0.717) is 16.7 Å². The number of imidazole rings is 1. The molecule has 0 aliphatic carbocycles. The van der Waals surface area contributed by atoms with Crippen molar-refractivity contribution < 1.29 is 23.8 Å². The van der Waals surface area contributed by atoms with Crippen molar-refractivity contribution in [2.45, 2.75) is 24.6 Å². The molecule has 0 spiro atoms. The van der Waals surface area contributed by atoms with Crippen LogP contribution in [-0.4, -0.2) is 62.6 Å². The summed E-state index contributed by atoms with van der Waals surface area (Å²) in [6.45, 7) is -0.380. The van der Waals surface area contributed by atoms with Gasteiger partial charge in [-0.1, -0.05) is 18.2 Å². The average molecular weight is 387 g/mol. The summed E-state index contributed by atoms with van der Waals surface area (Å²) in [5.74, 6) is -0.150. The number of carbonyl (C=O) groups excluding carboxylic acids is 1. The summed E-state index contributed by atoms with van der Waals surface area (Å²) in [5.41, 5.74) is 1.05. The highest BCUT2D eigenvalue weighted by Gasteiger charge is 2.46. The summed E-state index contributed by atoms with van der Waals surface area (Å²) in [5, 5.41) is 12.1. The number of nitrogens with zero attached hydrogens (tertiary/aromatic N) is 4. The van der Waals surface area contributed by atoms with Crippen LogP contribution in [0.2, 0.25) is 0 Å². The molecular weight excluding hydrogens is 369 g/mol. The second-order valence-corrected chi connectivity index (χ2v) is 6.26. The number of rotatable bonds is 5. The number of aromatic nitrogens is 4. The fourth-order valence-corrected chi connectivity index (χ4v) is 3.25. The molecule has 1 aliphatic rings. The Morgan fingerprint density at radius 2 is 2.11 bits per heavy atom. The predicted molar refractivity (Wildman–Crippen MR) is 96.4 cm³/mol. The Labute approximate surface area is 159 Å². The average Bonchev–Trinajstić information content (AvgIpc) is 3.29. The van der Waals surface area contributed by atoms with Crippen molar-refractivity contribution in [3.05, 3.63) is 48.5 Å². The number of nitrogens with one attached hydrogen (secondary N) is 1. The van der Waals surface area contributed by atoms with Crippen LogP contribution >= 0.6 is 0 Å². The molecule has 0 radical (unpaired) electrons. The smallest absolute Gasteiger partial charge is 0.256 e. The van der Waals surface area contributed by atoms with Crippen LogP contribution in [0.1, 0.15) is 16.6 Å². The molecule has 28 heavy (non-hydrogen) atoms. The molecule has 9 nitrogen and oxygen atoms in total. The van der Waals surface area contributed by atoms with Crippen LogP contribution in [0.5, 0.6) is 0 Å². The topological polar surface area (TPSA) is 111 Å². The number of fused-ring (bicyclic) bond motifs is 1. The predicted octanol–water partition coefficient (Wildman–Crippen LogP) is 1.32. The molecule has 1 fully saturated rings. The third-order valence-corrected chi connectivity index (χ3v) is 4.62. The van der Waals surface area contributed by atoms with E-state index in [9.17, 15) is 14.3 Å². The van der Waals surface area contributed by atoms with E-state index in [2.05, 4.69) is 20.3 Å². The molecule has 146 valence electrons. The Hall–Kier alpha value is -2.95. The number of carbonyl (C=O) groups is 1. The van der Waals surface area contributed by atoms with Gasteiger partial charge >= 0.3 is 0 Å². The molecule has 1 saturated heterocycles. The molecule has 10 heteroatoms. The highest BCUT2D eigenvalue weighted by molar-refractivity contribution is 6.06. The van der Waals surface area contributed by atoms with Crippen molar-refractivity contribution in [1.82, 2.24) is 19.5 Å². The third kappa shape index (κ3) is 3.11. The summed E-state index contributed by atoms with van der Waals surface area (Å²) < 4.78 is 26.9. The largest absolute Gasteiger partial charge is 0.394 e. The maximum Gasteiger partial charge on any atom is 0.256 e. The van der Waals surface area contributed by atoms with Crippen molar-refractivity contribution in [3.8, 4) is 0 Å². The summed E-state index contributed by atoms with van der Waals surface area (Å²) >= 11 is 0. The minimum Gasteiger partial charge on any atom is -0.394 e. The Balaban J connectivity index is 1.65. The fraction of sp³-hybridized carbons (Fsp3) is 0.333. The number of aliphatic hydroxyl groups is 1. The normalized spacial score (nSPS) is 24.5. The molecule has 1 amide bonds. The van der Waals surface area contributed by atoms with E-state index in [1.165, 1.54) is 24.3 Å². The van der Waals surface area contributed by atoms with Gasteiger partial charge in [0.2, 0.25) is 0 Å². The van der Waals surface area contributed by atoms with Gasteiger partial charge in [0.15, 0.2) is 29.4 Å². The molecule has 4 atom stereocenters. The lowest BCUT2D eigenvalue weighted by atomic mass is 10.1. The van der Waals surface area contributed by atoms with E-state index in [0.717, 1.165) is 0 Å². The van der Waals surface area contributed by atoms with Crippen molar-refractivity contribution >= 4 is 22.9 Å². The second kappa shape index (κ2) is 7.58. The Morgan fingerprint density at radius 3 is 2.79 bits per heavy atom. The first-order valence-corrected chi connectivity index (χ1v) is 8.61. The summed E-state index contributed by atoms with van der Waals surface area (Å²) in [6, 6.07) is 8.66. The number of alkyl halides is 1. The molecule has 1 aliphatic heterocycles. The number of benzene rings is 1. The summed E-state index contributed by atoms with van der Waals surface area (Å²) in [6.07, 6.45) is -1.70. The van der Waals surface area contributed by atoms with Crippen molar-refractivity contribution in [3.63, 3.8) is 0 Å². The first kappa shape index (κ1) is 18.4. The van der Waals surface area contributed by atoms with Crippen LogP contribution in [-0.2, 0) is 9.47 Å². The number of hydrogen-bond donors (Lipinski definition) is 2. The second-order valence-electron chi connectivity index (χ2n) is 6.26. The van der Waals surface area contributed by atoms with Crippen LogP contribution in [0.4, 0.5) is 10.2 Å². The highest BCUT2D eigenvalue weighted by atomic mass is 19.1. The molecule has 3 heterocycles. The number of aliphatic hydroxyl groups excluding tert-OH is 1. The quantitative estimate of drug-likeness (QED) is 0.679. The van der Waals surface area contributed by atoms with E-state index in [-0.39, 0.29) is 18.3 Å². The Bertz CT molecular complexity index is 983. The van der Waals surface area contributed by atoms with Crippen molar-refractivity contribution in [2.24, 2.45) is 0 Å². The van der Waals surface area contributed by atoms with Gasteiger partial charge in [0.05, 0.1) is 12.9 Å². The molecule has 3 aromatic rings. The zero-order valence-corrected chi connectivity index (χ0v) is 14.9. The lowest BCUT2D eigenvalue weighted by Gasteiger charge is -2.15. The number of methoxy groups -OCH3 is 1. The van der Waals surface area contributed by atoms with Crippen molar-refractivity contribution in [2.75, 3.05) is 19.0 Å². The van der Waals surface area contributed by atoms with Gasteiger partial charge < -0.3 is 19.9 Å². The van der Waals surface area contributed by atoms with Crippen LogP contribution in [0, 0.1) is 0 Å². The number of halogens is 1. The van der Waals surface area contributed by atoms with Gasteiger partial charge in [-0.2, -0.15) is 0 Å². The van der Waals surface area contributed by atoms with Gasteiger partial charge in [-0.3, -0.25) is 9.36 Å². The molecule has 2 N–H and O–H groups in total. The summed E-state index contributed by atoms with van der Waals surface area (Å²) in [4.78, 5) is 24.8. The molecule has 1 aromatic carbocycles. The number of hydrogen-bond acceptors (Lipinski definition) is 7. The molecule has 0 unspecified atom stereocenters. The van der Waals surface area contributed by atoms with Crippen LogP contribution in [0.15, 0.2) is 43.0 Å². The van der Waals surface area contributed by atoms with Crippen LogP contribution in [0.25, 0.3) is 11.2 Å². The van der Waals surface area contributed by atoms with Crippen molar-refractivity contribution in [1.29, 1.82) is 0 Å². The number of amides is 1. The first-order valence-electron chi connectivity index (χ1n) is 8.61. The lowest BCUT2D eigenvalue weighted by molar-refractivity contribution is -0.0519. The zero-order chi connectivity index (χ0) is 19.7. The third-order valence-electron chi connectivity index (χ3n) is 4.62. The van der Waals surface area contributed by atoms with Gasteiger partial charge in [0.1, 0.15) is 18.5 Å². The number of ether oxygens (including phenoxy) is 2. The fourth-order valence-electron chi connectivity index (χ4n) is 3.25. The van der Waals surface area contributed by atoms with Gasteiger partial charge in [0, 0.05) is 12.7 Å². The van der Waals surface area contributed by atoms with E-state index < -0.39 is 24.6 Å². The summed E-state index contributed by atoms with van der Waals surface area (Å²) in [7, 11) is 1.36. The van der Waals surface area contributed by atoms with E-state index in [1.807, 2.05) is 6.07 Å². The van der Waals surface area contributed by atoms with E-state index in [4.69, 9.17) is 9.47 Å². The maximum atomic E-state index is 14.8. The van der Waals surface area contributed by atoms with E-state index >= 15 is 0 Å². The van der Waals surface area contributed by atoms with Crippen LogP contribution < -0.4 is 5.32 Å². The molecule has 4 rings (SSSR count). The lowest BCUT2D eigenvalue weighted by Crippen LogP contribution is -2.32. The van der Waals surface area contributed by atoms with Gasteiger partial charge in [-0.15, -0.1) is 0 Å². The minimum atomic E-state index is -1.53. The highest BCUT2D eigenvalue weighted by Crippen LogP contribution is 2.35. The zero-order valence-electron chi connectivity index (χ0n) is 14.9.